The van der Waals surface area contributed by atoms with Crippen LogP contribution in [0.5, 0.6) is 5.75 Å². The Bertz CT molecular complexity index is 1280. The van der Waals surface area contributed by atoms with Gasteiger partial charge in [-0.15, -0.1) is 0 Å². The highest BCUT2D eigenvalue weighted by Crippen LogP contribution is 2.36. The molecule has 0 aliphatic rings. The number of nitrogen functional groups attached to an aromatic ring is 1. The standard InChI is InChI=1S/C20H17ClN8O/c1-11(27-20-18(23-2)19(22)25-10-26-20)13-8-16-24-9-15(21)29(16)28-17(13)12-6-4-5-7-14(12)30-3/h4-11H,1,3H3,(H3,22,25,26,27)/t11-/m0/s1. The zero-order chi connectivity index (χ0) is 21.3. The van der Waals surface area contributed by atoms with Crippen molar-refractivity contribution in [1.29, 1.82) is 0 Å². The Morgan fingerprint density at radius 3 is 2.83 bits per heavy atom. The average Bonchev–Trinajstić information content (AvgIpc) is 3.13. The molecule has 0 aliphatic carbocycles. The van der Waals surface area contributed by atoms with Crippen molar-refractivity contribution in [3.8, 4) is 17.0 Å². The maximum absolute atomic E-state index is 7.38. The lowest BCUT2D eigenvalue weighted by Gasteiger charge is -2.20. The lowest BCUT2D eigenvalue weighted by atomic mass is 10.0. The second-order valence-corrected chi connectivity index (χ2v) is 6.82. The van der Waals surface area contributed by atoms with E-state index in [4.69, 9.17) is 33.7 Å². The molecule has 3 aromatic heterocycles. The number of imidazole rings is 1. The van der Waals surface area contributed by atoms with Crippen LogP contribution in [-0.4, -0.2) is 31.7 Å². The highest BCUT2D eigenvalue weighted by atomic mass is 35.5. The Morgan fingerprint density at radius 2 is 2.07 bits per heavy atom. The van der Waals surface area contributed by atoms with E-state index in [2.05, 4.69) is 25.1 Å². The molecule has 0 aliphatic heterocycles. The number of methoxy groups -OCH3 is 1. The molecular formula is C20H17ClN8O. The fraction of sp³-hybridized carbons (Fsp3) is 0.150. The number of fused-ring (bicyclic) bond motifs is 1. The van der Waals surface area contributed by atoms with Gasteiger partial charge in [-0.2, -0.15) is 5.10 Å². The van der Waals surface area contributed by atoms with Gasteiger partial charge in [-0.05, 0) is 25.1 Å². The molecule has 9 nitrogen and oxygen atoms in total. The second kappa shape index (κ2) is 7.85. The lowest BCUT2D eigenvalue weighted by Crippen LogP contribution is -2.12. The van der Waals surface area contributed by atoms with E-state index in [1.807, 2.05) is 37.3 Å². The van der Waals surface area contributed by atoms with Gasteiger partial charge in [-0.3, -0.25) is 0 Å². The summed E-state index contributed by atoms with van der Waals surface area (Å²) < 4.78 is 7.10. The molecule has 0 amide bonds. The van der Waals surface area contributed by atoms with E-state index in [1.54, 1.807) is 17.8 Å². The van der Waals surface area contributed by atoms with Crippen LogP contribution in [0.25, 0.3) is 21.7 Å². The van der Waals surface area contributed by atoms with Gasteiger partial charge in [0, 0.05) is 11.1 Å². The van der Waals surface area contributed by atoms with Gasteiger partial charge in [0.2, 0.25) is 0 Å². The topological polar surface area (TPSA) is 108 Å². The van der Waals surface area contributed by atoms with Gasteiger partial charge < -0.3 is 15.8 Å². The van der Waals surface area contributed by atoms with Gasteiger partial charge in [0.1, 0.15) is 29.4 Å². The molecular weight excluding hydrogens is 404 g/mol. The fourth-order valence-corrected chi connectivity index (χ4v) is 3.34. The van der Waals surface area contributed by atoms with E-state index >= 15 is 0 Å². The van der Waals surface area contributed by atoms with Crippen LogP contribution in [0.1, 0.15) is 18.5 Å². The molecule has 4 rings (SSSR count). The van der Waals surface area contributed by atoms with Crippen molar-refractivity contribution < 1.29 is 4.74 Å². The Kier molecular flexibility index (Phi) is 5.08. The number of halogens is 1. The van der Waals surface area contributed by atoms with Crippen LogP contribution < -0.4 is 15.8 Å². The Labute approximate surface area is 177 Å². The Balaban J connectivity index is 1.88. The number of hydrogen-bond donors (Lipinski definition) is 2. The molecule has 4 aromatic rings. The first-order chi connectivity index (χ1) is 14.5. The maximum atomic E-state index is 7.38. The van der Waals surface area contributed by atoms with Crippen molar-refractivity contribution in [1.82, 2.24) is 24.6 Å². The third-order valence-electron chi connectivity index (χ3n) is 4.62. The summed E-state index contributed by atoms with van der Waals surface area (Å²) in [7, 11) is 1.61. The van der Waals surface area contributed by atoms with Crippen LogP contribution in [-0.2, 0) is 0 Å². The van der Waals surface area contributed by atoms with Crippen LogP contribution in [0.4, 0.5) is 17.3 Å². The van der Waals surface area contributed by atoms with Crippen LogP contribution in [0, 0.1) is 6.57 Å². The summed E-state index contributed by atoms with van der Waals surface area (Å²) in [6, 6.07) is 9.16. The van der Waals surface area contributed by atoms with E-state index in [-0.39, 0.29) is 17.5 Å². The number of hydrogen-bond acceptors (Lipinski definition) is 7. The van der Waals surface area contributed by atoms with Crippen molar-refractivity contribution in [3.63, 3.8) is 0 Å². The molecule has 0 saturated heterocycles. The van der Waals surface area contributed by atoms with E-state index in [0.29, 0.717) is 28.1 Å². The monoisotopic (exact) mass is 420 g/mol. The zero-order valence-corrected chi connectivity index (χ0v) is 16.9. The molecule has 0 saturated carbocycles. The summed E-state index contributed by atoms with van der Waals surface area (Å²) >= 11 is 6.25. The number of anilines is 2. The largest absolute Gasteiger partial charge is 0.496 e. The van der Waals surface area contributed by atoms with Crippen LogP contribution >= 0.6 is 11.6 Å². The second-order valence-electron chi connectivity index (χ2n) is 6.43. The van der Waals surface area contributed by atoms with E-state index < -0.39 is 0 Å². The molecule has 1 aromatic carbocycles. The van der Waals surface area contributed by atoms with Crippen LogP contribution in [0.2, 0.25) is 5.15 Å². The van der Waals surface area contributed by atoms with Crippen molar-refractivity contribution in [3.05, 3.63) is 65.0 Å². The SMILES string of the molecule is [C-]#[N+]c1c(N)ncnc1N[C@@H](C)c1cc2ncc(Cl)n2nc1-c1ccccc1OC. The minimum atomic E-state index is -0.298. The van der Waals surface area contributed by atoms with Gasteiger partial charge in [0.15, 0.2) is 10.8 Å². The zero-order valence-electron chi connectivity index (χ0n) is 16.2. The average molecular weight is 421 g/mol. The number of nitrogens with zero attached hydrogens (tertiary/aromatic N) is 6. The summed E-state index contributed by atoms with van der Waals surface area (Å²) in [5.41, 5.74) is 8.86. The summed E-state index contributed by atoms with van der Waals surface area (Å²) in [4.78, 5) is 15.8. The summed E-state index contributed by atoms with van der Waals surface area (Å²) in [6.07, 6.45) is 2.86. The lowest BCUT2D eigenvalue weighted by molar-refractivity contribution is 0.416. The smallest absolute Gasteiger partial charge is 0.268 e. The molecule has 3 N–H and O–H groups in total. The van der Waals surface area contributed by atoms with Crippen molar-refractivity contribution in [2.24, 2.45) is 0 Å². The highest BCUT2D eigenvalue weighted by molar-refractivity contribution is 6.29. The van der Waals surface area contributed by atoms with Gasteiger partial charge in [-0.25, -0.2) is 24.3 Å². The quantitative estimate of drug-likeness (QED) is 0.467. The van der Waals surface area contributed by atoms with Crippen molar-refractivity contribution >= 4 is 34.6 Å². The molecule has 0 spiro atoms. The molecule has 3 heterocycles. The highest BCUT2D eigenvalue weighted by Gasteiger charge is 2.21. The van der Waals surface area contributed by atoms with Crippen LogP contribution in [0.15, 0.2) is 42.9 Å². The predicted molar refractivity (Wildman–Crippen MR) is 115 cm³/mol. The van der Waals surface area contributed by atoms with E-state index in [9.17, 15) is 0 Å². The summed E-state index contributed by atoms with van der Waals surface area (Å²) in [5.74, 6) is 1.13. The van der Waals surface area contributed by atoms with Gasteiger partial charge >= 0.3 is 0 Å². The molecule has 150 valence electrons. The third kappa shape index (κ3) is 3.33. The number of nitrogens with two attached hydrogens (primary N) is 1. The molecule has 0 radical (unpaired) electrons. The maximum Gasteiger partial charge on any atom is 0.268 e. The fourth-order valence-electron chi connectivity index (χ4n) is 3.17. The molecule has 0 bridgehead atoms. The molecule has 0 fully saturated rings. The first-order valence-electron chi connectivity index (χ1n) is 8.95. The first-order valence-corrected chi connectivity index (χ1v) is 9.33. The van der Waals surface area contributed by atoms with E-state index in [0.717, 1.165) is 11.1 Å². The van der Waals surface area contributed by atoms with E-state index in [1.165, 1.54) is 6.33 Å². The van der Waals surface area contributed by atoms with Gasteiger partial charge in [0.25, 0.3) is 5.69 Å². The Hall–Kier alpha value is -3.90. The number of nitrogens with one attached hydrogen (secondary N) is 1. The minimum absolute atomic E-state index is 0.119. The number of ether oxygens (including phenoxy) is 1. The normalized spacial score (nSPS) is 11.8. The molecule has 1 atom stereocenters. The Morgan fingerprint density at radius 1 is 1.27 bits per heavy atom. The molecule has 0 unspecified atom stereocenters. The molecule has 10 heteroatoms. The van der Waals surface area contributed by atoms with Gasteiger partial charge in [-0.1, -0.05) is 23.7 Å². The first kappa shape index (κ1) is 19.4. The number of aromatic nitrogens is 5. The van der Waals surface area contributed by atoms with Gasteiger partial charge in [0.05, 0.1) is 25.9 Å². The third-order valence-corrected chi connectivity index (χ3v) is 4.88. The van der Waals surface area contributed by atoms with Crippen molar-refractivity contribution in [2.75, 3.05) is 18.2 Å². The van der Waals surface area contributed by atoms with Crippen molar-refractivity contribution in [2.45, 2.75) is 13.0 Å². The summed E-state index contributed by atoms with van der Waals surface area (Å²) in [6.45, 7) is 9.32. The number of rotatable bonds is 5. The predicted octanol–water partition coefficient (Wildman–Crippen LogP) is 4.15. The summed E-state index contributed by atoms with van der Waals surface area (Å²) in [5, 5.41) is 8.36. The molecule has 30 heavy (non-hydrogen) atoms. The van der Waals surface area contributed by atoms with Crippen LogP contribution in [0.3, 0.4) is 0 Å². The number of benzene rings is 1. The number of para-hydroxylation sites is 1. The minimum Gasteiger partial charge on any atom is -0.496 e.